The summed E-state index contributed by atoms with van der Waals surface area (Å²) in [6.45, 7) is 8.48. The van der Waals surface area contributed by atoms with E-state index in [1.54, 1.807) is 0 Å². The van der Waals surface area contributed by atoms with Gasteiger partial charge < -0.3 is 15.2 Å². The lowest BCUT2D eigenvalue weighted by Gasteiger charge is -2.34. The van der Waals surface area contributed by atoms with Gasteiger partial charge in [-0.05, 0) is 19.4 Å². The zero-order valence-corrected chi connectivity index (χ0v) is 16.8. The van der Waals surface area contributed by atoms with Crippen molar-refractivity contribution >= 4 is 10.0 Å². The van der Waals surface area contributed by atoms with Crippen LogP contribution in [0.25, 0.3) is 0 Å². The van der Waals surface area contributed by atoms with Crippen LogP contribution < -0.4 is 5.73 Å². The Morgan fingerprint density at radius 2 is 1.58 bits per heavy atom. The van der Waals surface area contributed by atoms with Crippen molar-refractivity contribution in [3.63, 3.8) is 0 Å². The van der Waals surface area contributed by atoms with Crippen LogP contribution in [0.5, 0.6) is 0 Å². The van der Waals surface area contributed by atoms with Gasteiger partial charge in [-0.1, -0.05) is 24.3 Å². The van der Waals surface area contributed by atoms with Crippen LogP contribution in [0.15, 0.2) is 24.3 Å². The summed E-state index contributed by atoms with van der Waals surface area (Å²) in [4.78, 5) is 2.26. The molecule has 2 N–H and O–H groups in total. The predicted octanol–water partition coefficient (Wildman–Crippen LogP) is 0.948. The highest BCUT2D eigenvalue weighted by molar-refractivity contribution is 7.88. The van der Waals surface area contributed by atoms with E-state index in [2.05, 4.69) is 17.0 Å². The maximum atomic E-state index is 11.6. The summed E-state index contributed by atoms with van der Waals surface area (Å²) in [6.07, 6.45) is 1.27. The van der Waals surface area contributed by atoms with Crippen LogP contribution in [-0.2, 0) is 31.8 Å². The summed E-state index contributed by atoms with van der Waals surface area (Å²) in [5.41, 5.74) is 8.01. The third-order valence-corrected chi connectivity index (χ3v) is 5.93. The van der Waals surface area contributed by atoms with Crippen LogP contribution in [0.3, 0.4) is 0 Å². The van der Waals surface area contributed by atoms with Crippen molar-refractivity contribution in [2.24, 2.45) is 5.73 Å². The number of nitrogens with zero attached hydrogens (tertiary/aromatic N) is 2. The molecular formula is C18H31N3O4S. The standard InChI is InChI=1S/C18H31N3O4S/c1-4-24-18(15-19,25-5-2)17-8-6-16(7-9-17)14-20-10-12-21(13-11-20)26(3,22)23/h6-9H,4-5,10-15,19H2,1-3H3. The Morgan fingerprint density at radius 3 is 2.00 bits per heavy atom. The third kappa shape index (κ3) is 5.25. The Labute approximate surface area is 157 Å². The fourth-order valence-electron chi connectivity index (χ4n) is 3.25. The van der Waals surface area contributed by atoms with Crippen LogP contribution in [0.4, 0.5) is 0 Å². The number of benzene rings is 1. The molecule has 0 unspecified atom stereocenters. The number of rotatable bonds is 9. The molecule has 1 heterocycles. The largest absolute Gasteiger partial charge is 0.345 e. The molecule has 0 bridgehead atoms. The Bertz CT molecular complexity index is 650. The van der Waals surface area contributed by atoms with Gasteiger partial charge in [0.25, 0.3) is 0 Å². The molecule has 0 saturated carbocycles. The Kier molecular flexibility index (Phi) is 7.57. The topological polar surface area (TPSA) is 85.1 Å². The smallest absolute Gasteiger partial charge is 0.211 e. The molecule has 8 heteroatoms. The first-order valence-corrected chi connectivity index (χ1v) is 10.9. The molecule has 148 valence electrons. The summed E-state index contributed by atoms with van der Waals surface area (Å²) >= 11 is 0. The van der Waals surface area contributed by atoms with E-state index in [4.69, 9.17) is 15.2 Å². The number of sulfonamides is 1. The second-order valence-electron chi connectivity index (χ2n) is 6.46. The number of nitrogens with two attached hydrogens (primary N) is 1. The Morgan fingerprint density at radius 1 is 1.04 bits per heavy atom. The van der Waals surface area contributed by atoms with Crippen molar-refractivity contribution in [1.29, 1.82) is 0 Å². The molecule has 1 aromatic carbocycles. The lowest BCUT2D eigenvalue weighted by molar-refractivity contribution is -0.235. The van der Waals surface area contributed by atoms with Gasteiger partial charge in [0.1, 0.15) is 0 Å². The highest BCUT2D eigenvalue weighted by atomic mass is 32.2. The fourth-order valence-corrected chi connectivity index (χ4v) is 4.08. The van der Waals surface area contributed by atoms with E-state index in [-0.39, 0.29) is 6.54 Å². The van der Waals surface area contributed by atoms with Gasteiger partial charge in [-0.2, -0.15) is 4.31 Å². The van der Waals surface area contributed by atoms with Crippen LogP contribution in [-0.4, -0.2) is 69.8 Å². The predicted molar refractivity (Wildman–Crippen MR) is 102 cm³/mol. The second-order valence-corrected chi connectivity index (χ2v) is 8.44. The minimum Gasteiger partial charge on any atom is -0.345 e. The maximum Gasteiger partial charge on any atom is 0.211 e. The summed E-state index contributed by atoms with van der Waals surface area (Å²) in [5.74, 6) is -0.900. The first-order chi connectivity index (χ1) is 12.3. The average Bonchev–Trinajstić information content (AvgIpc) is 2.62. The SMILES string of the molecule is CCOC(CN)(OCC)c1ccc(CN2CCN(S(C)(=O)=O)CC2)cc1. The van der Waals surface area contributed by atoms with Crippen LogP contribution in [0.1, 0.15) is 25.0 Å². The number of piperazine rings is 1. The van der Waals surface area contributed by atoms with E-state index in [1.165, 1.54) is 16.1 Å². The first-order valence-electron chi connectivity index (χ1n) is 9.09. The molecule has 1 fully saturated rings. The summed E-state index contributed by atoms with van der Waals surface area (Å²) in [5, 5.41) is 0. The molecule has 0 aliphatic carbocycles. The number of hydrogen-bond donors (Lipinski definition) is 1. The highest BCUT2D eigenvalue weighted by Gasteiger charge is 2.32. The minimum atomic E-state index is -3.09. The van der Waals surface area contributed by atoms with E-state index in [1.807, 2.05) is 26.0 Å². The Balaban J connectivity index is 2.01. The lowest BCUT2D eigenvalue weighted by Crippen LogP contribution is -2.47. The molecule has 0 aromatic heterocycles. The molecule has 0 amide bonds. The van der Waals surface area contributed by atoms with Crippen LogP contribution in [0, 0.1) is 0 Å². The Hall–Kier alpha value is -1.03. The summed E-state index contributed by atoms with van der Waals surface area (Å²) in [7, 11) is -3.09. The second kappa shape index (κ2) is 9.25. The lowest BCUT2D eigenvalue weighted by atomic mass is 10.0. The van der Waals surface area contributed by atoms with Gasteiger partial charge in [0, 0.05) is 51.5 Å². The van der Waals surface area contributed by atoms with Gasteiger partial charge in [0.2, 0.25) is 15.8 Å². The van der Waals surface area contributed by atoms with Crippen molar-refractivity contribution in [3.05, 3.63) is 35.4 Å². The van der Waals surface area contributed by atoms with Crippen molar-refractivity contribution < 1.29 is 17.9 Å². The van der Waals surface area contributed by atoms with E-state index in [0.717, 1.165) is 25.2 Å². The van der Waals surface area contributed by atoms with Gasteiger partial charge >= 0.3 is 0 Å². The molecule has 1 aliphatic heterocycles. The quantitative estimate of drug-likeness (QED) is 0.637. The third-order valence-electron chi connectivity index (χ3n) is 4.62. The van der Waals surface area contributed by atoms with Gasteiger partial charge in [0.15, 0.2) is 0 Å². The summed E-state index contributed by atoms with van der Waals surface area (Å²) < 4.78 is 36.4. The van der Waals surface area contributed by atoms with E-state index in [0.29, 0.717) is 26.3 Å². The number of hydrogen-bond acceptors (Lipinski definition) is 6. The van der Waals surface area contributed by atoms with Crippen molar-refractivity contribution in [1.82, 2.24) is 9.21 Å². The van der Waals surface area contributed by atoms with Crippen molar-refractivity contribution in [3.8, 4) is 0 Å². The molecule has 1 saturated heterocycles. The maximum absolute atomic E-state index is 11.6. The van der Waals surface area contributed by atoms with E-state index < -0.39 is 15.8 Å². The van der Waals surface area contributed by atoms with E-state index >= 15 is 0 Å². The molecule has 26 heavy (non-hydrogen) atoms. The van der Waals surface area contributed by atoms with Gasteiger partial charge in [-0.3, -0.25) is 4.90 Å². The molecule has 1 aromatic rings. The first kappa shape index (κ1) is 21.3. The van der Waals surface area contributed by atoms with Crippen molar-refractivity contribution in [2.45, 2.75) is 26.2 Å². The molecule has 0 atom stereocenters. The number of ether oxygens (including phenoxy) is 2. The minimum absolute atomic E-state index is 0.251. The van der Waals surface area contributed by atoms with Gasteiger partial charge in [-0.15, -0.1) is 0 Å². The normalized spacial score (nSPS) is 17.5. The zero-order valence-electron chi connectivity index (χ0n) is 16.0. The van der Waals surface area contributed by atoms with Crippen LogP contribution in [0.2, 0.25) is 0 Å². The van der Waals surface area contributed by atoms with Crippen LogP contribution >= 0.6 is 0 Å². The highest BCUT2D eigenvalue weighted by Crippen LogP contribution is 2.27. The molecular weight excluding hydrogens is 354 g/mol. The summed E-state index contributed by atoms with van der Waals surface area (Å²) in [6, 6.07) is 8.11. The van der Waals surface area contributed by atoms with Crippen molar-refractivity contribution in [2.75, 3.05) is 52.2 Å². The average molecular weight is 386 g/mol. The van der Waals surface area contributed by atoms with Gasteiger partial charge in [0.05, 0.1) is 12.8 Å². The fraction of sp³-hybridized carbons (Fsp3) is 0.667. The molecule has 1 aliphatic rings. The van der Waals surface area contributed by atoms with E-state index in [9.17, 15) is 8.42 Å². The van der Waals surface area contributed by atoms with Gasteiger partial charge in [-0.25, -0.2) is 8.42 Å². The molecule has 2 rings (SSSR count). The molecule has 0 spiro atoms. The monoisotopic (exact) mass is 385 g/mol. The zero-order chi connectivity index (χ0) is 19.2. The molecule has 7 nitrogen and oxygen atoms in total. The molecule has 0 radical (unpaired) electrons.